The van der Waals surface area contributed by atoms with Crippen LogP contribution in [-0.4, -0.2) is 20.1 Å². The summed E-state index contributed by atoms with van der Waals surface area (Å²) in [7, 11) is 3.18. The van der Waals surface area contributed by atoms with Crippen LogP contribution >= 0.6 is 0 Å². The number of ether oxygens (including phenoxy) is 2. The Morgan fingerprint density at radius 2 is 1.52 bits per heavy atom. The van der Waals surface area contributed by atoms with Crippen molar-refractivity contribution in [2.75, 3.05) is 14.2 Å². The van der Waals surface area contributed by atoms with Crippen LogP contribution in [0.25, 0.3) is 6.08 Å². The molecule has 3 rings (SSSR count). The molecule has 0 aliphatic carbocycles. The minimum Gasteiger partial charge on any atom is -0.493 e. The Morgan fingerprint density at radius 1 is 0.862 bits per heavy atom. The van der Waals surface area contributed by atoms with Gasteiger partial charge in [0.05, 0.1) is 20.3 Å². The van der Waals surface area contributed by atoms with E-state index in [4.69, 9.17) is 9.47 Å². The molecular formula is C25H25NO3. The third-order valence-corrected chi connectivity index (χ3v) is 4.66. The Balaban J connectivity index is 1.80. The number of nitrogens with one attached hydrogen (secondary N) is 1. The Morgan fingerprint density at radius 3 is 2.17 bits per heavy atom. The normalized spacial score (nSPS) is 11.8. The molecule has 1 N–H and O–H groups in total. The lowest BCUT2D eigenvalue weighted by atomic mass is 9.98. The van der Waals surface area contributed by atoms with Gasteiger partial charge in [-0.2, -0.15) is 0 Å². The topological polar surface area (TPSA) is 47.6 Å². The van der Waals surface area contributed by atoms with E-state index >= 15 is 0 Å². The lowest BCUT2D eigenvalue weighted by Gasteiger charge is -2.19. The van der Waals surface area contributed by atoms with Gasteiger partial charge in [-0.05, 0) is 41.8 Å². The van der Waals surface area contributed by atoms with E-state index in [1.165, 1.54) is 11.6 Å². The first-order chi connectivity index (χ1) is 14.1. The molecule has 148 valence electrons. The van der Waals surface area contributed by atoms with Gasteiger partial charge in [-0.15, -0.1) is 0 Å². The van der Waals surface area contributed by atoms with Crippen LogP contribution in [0.5, 0.6) is 11.5 Å². The van der Waals surface area contributed by atoms with Gasteiger partial charge < -0.3 is 14.8 Å². The van der Waals surface area contributed by atoms with E-state index in [2.05, 4.69) is 17.4 Å². The van der Waals surface area contributed by atoms with Crippen LogP contribution < -0.4 is 14.8 Å². The van der Waals surface area contributed by atoms with Crippen molar-refractivity contribution in [2.24, 2.45) is 0 Å². The van der Waals surface area contributed by atoms with Crippen molar-refractivity contribution in [3.63, 3.8) is 0 Å². The Labute approximate surface area is 171 Å². The fourth-order valence-corrected chi connectivity index (χ4v) is 3.08. The maximum Gasteiger partial charge on any atom is 0.244 e. The highest BCUT2D eigenvalue weighted by molar-refractivity contribution is 5.92. The van der Waals surface area contributed by atoms with E-state index in [0.717, 1.165) is 16.7 Å². The third-order valence-electron chi connectivity index (χ3n) is 4.66. The Hall–Kier alpha value is -3.53. The summed E-state index contributed by atoms with van der Waals surface area (Å²) in [5, 5.41) is 3.11. The number of rotatable bonds is 7. The number of benzene rings is 3. The number of carbonyl (C=O) groups excluding carboxylic acids is 1. The van der Waals surface area contributed by atoms with Crippen molar-refractivity contribution in [1.29, 1.82) is 0 Å². The molecule has 0 aliphatic heterocycles. The van der Waals surface area contributed by atoms with Gasteiger partial charge in [0.25, 0.3) is 0 Å². The zero-order chi connectivity index (χ0) is 20.6. The van der Waals surface area contributed by atoms with Crippen molar-refractivity contribution < 1.29 is 14.3 Å². The largest absolute Gasteiger partial charge is 0.493 e. The van der Waals surface area contributed by atoms with Crippen LogP contribution in [-0.2, 0) is 4.79 Å². The summed E-state index contributed by atoms with van der Waals surface area (Å²) in [6.45, 7) is 2.05. The summed E-state index contributed by atoms with van der Waals surface area (Å²) in [6, 6.07) is 23.4. The van der Waals surface area contributed by atoms with Crippen molar-refractivity contribution in [2.45, 2.75) is 13.0 Å². The molecule has 3 aromatic carbocycles. The van der Waals surface area contributed by atoms with Crippen LogP contribution in [0.3, 0.4) is 0 Å². The van der Waals surface area contributed by atoms with Gasteiger partial charge in [-0.1, -0.05) is 66.2 Å². The predicted molar refractivity (Wildman–Crippen MR) is 116 cm³/mol. The molecule has 29 heavy (non-hydrogen) atoms. The number of carbonyl (C=O) groups is 1. The maximum absolute atomic E-state index is 12.7. The van der Waals surface area contributed by atoms with Gasteiger partial charge in [0.15, 0.2) is 11.5 Å². The molecule has 0 saturated carbocycles. The average molecular weight is 387 g/mol. The highest BCUT2D eigenvalue weighted by Gasteiger charge is 2.15. The van der Waals surface area contributed by atoms with Crippen LogP contribution in [0.4, 0.5) is 0 Å². The van der Waals surface area contributed by atoms with Gasteiger partial charge in [0.2, 0.25) is 5.91 Å². The average Bonchev–Trinajstić information content (AvgIpc) is 2.77. The van der Waals surface area contributed by atoms with E-state index in [1.54, 1.807) is 20.3 Å². The van der Waals surface area contributed by atoms with Gasteiger partial charge in [-0.25, -0.2) is 0 Å². The molecule has 0 heterocycles. The predicted octanol–water partition coefficient (Wildman–Crippen LogP) is 4.93. The second kappa shape index (κ2) is 9.60. The van der Waals surface area contributed by atoms with Crippen molar-refractivity contribution in [3.8, 4) is 11.5 Å². The van der Waals surface area contributed by atoms with E-state index in [9.17, 15) is 4.79 Å². The lowest BCUT2D eigenvalue weighted by Crippen LogP contribution is -2.27. The van der Waals surface area contributed by atoms with Crippen LogP contribution in [0.15, 0.2) is 78.9 Å². The fraction of sp³-hybridized carbons (Fsp3) is 0.160. The van der Waals surface area contributed by atoms with E-state index in [-0.39, 0.29) is 11.9 Å². The molecule has 0 spiro atoms. The van der Waals surface area contributed by atoms with Gasteiger partial charge >= 0.3 is 0 Å². The Bertz CT molecular complexity index is 979. The SMILES string of the molecule is COc1ccc(/C=C/C(=O)N[C@@H](c2ccccc2)c2ccc(C)cc2)cc1OC. The molecule has 1 atom stereocenters. The zero-order valence-electron chi connectivity index (χ0n) is 16.9. The first kappa shape index (κ1) is 20.2. The smallest absolute Gasteiger partial charge is 0.244 e. The van der Waals surface area contributed by atoms with E-state index in [0.29, 0.717) is 11.5 Å². The molecule has 0 radical (unpaired) electrons. The molecule has 1 amide bonds. The summed E-state index contributed by atoms with van der Waals surface area (Å²) >= 11 is 0. The molecule has 4 heteroatoms. The van der Waals surface area contributed by atoms with Gasteiger partial charge in [0, 0.05) is 6.08 Å². The molecule has 0 aliphatic rings. The van der Waals surface area contributed by atoms with Crippen molar-refractivity contribution in [1.82, 2.24) is 5.32 Å². The molecule has 0 saturated heterocycles. The fourth-order valence-electron chi connectivity index (χ4n) is 3.08. The molecular weight excluding hydrogens is 362 g/mol. The summed E-state index contributed by atoms with van der Waals surface area (Å²) in [5.41, 5.74) is 4.10. The van der Waals surface area contributed by atoms with Crippen molar-refractivity contribution >= 4 is 12.0 Å². The molecule has 0 bridgehead atoms. The minimum absolute atomic E-state index is 0.172. The first-order valence-corrected chi connectivity index (χ1v) is 9.43. The number of hydrogen-bond acceptors (Lipinski definition) is 3. The van der Waals surface area contributed by atoms with Crippen molar-refractivity contribution in [3.05, 3.63) is 101 Å². The summed E-state index contributed by atoms with van der Waals surface area (Å²) < 4.78 is 10.6. The highest BCUT2D eigenvalue weighted by Crippen LogP contribution is 2.28. The number of methoxy groups -OCH3 is 2. The minimum atomic E-state index is -0.223. The van der Waals surface area contributed by atoms with Crippen LogP contribution in [0.2, 0.25) is 0 Å². The molecule has 0 unspecified atom stereocenters. The third kappa shape index (κ3) is 5.26. The second-order valence-electron chi connectivity index (χ2n) is 6.71. The van der Waals surface area contributed by atoms with Gasteiger partial charge in [-0.3, -0.25) is 4.79 Å². The monoisotopic (exact) mass is 387 g/mol. The highest BCUT2D eigenvalue weighted by atomic mass is 16.5. The van der Waals surface area contributed by atoms with Crippen LogP contribution in [0, 0.1) is 6.92 Å². The quantitative estimate of drug-likeness (QED) is 0.585. The first-order valence-electron chi connectivity index (χ1n) is 9.43. The number of hydrogen-bond donors (Lipinski definition) is 1. The maximum atomic E-state index is 12.7. The van der Waals surface area contributed by atoms with E-state index < -0.39 is 0 Å². The Kier molecular flexibility index (Phi) is 6.69. The summed E-state index contributed by atoms with van der Waals surface area (Å²) in [4.78, 5) is 12.7. The van der Waals surface area contributed by atoms with Crippen LogP contribution in [0.1, 0.15) is 28.3 Å². The molecule has 4 nitrogen and oxygen atoms in total. The zero-order valence-corrected chi connectivity index (χ0v) is 16.9. The standard InChI is InChI=1S/C25H25NO3/c1-18-9-13-21(14-10-18)25(20-7-5-4-6-8-20)26-24(27)16-12-19-11-15-22(28-2)23(17-19)29-3/h4-17,25H,1-3H3,(H,26,27)/b16-12+/t25-/m0/s1. The van der Waals surface area contributed by atoms with Gasteiger partial charge in [0.1, 0.15) is 0 Å². The lowest BCUT2D eigenvalue weighted by molar-refractivity contribution is -0.116. The number of amides is 1. The molecule has 3 aromatic rings. The van der Waals surface area contributed by atoms with E-state index in [1.807, 2.05) is 67.6 Å². The molecule has 0 aromatic heterocycles. The summed E-state index contributed by atoms with van der Waals surface area (Å²) in [5.74, 6) is 1.10. The molecule has 0 fully saturated rings. The second-order valence-corrected chi connectivity index (χ2v) is 6.71. The number of aryl methyl sites for hydroxylation is 1. The summed E-state index contributed by atoms with van der Waals surface area (Å²) in [6.07, 6.45) is 3.29.